The van der Waals surface area contributed by atoms with Crippen LogP contribution in [-0.4, -0.2) is 0 Å². The van der Waals surface area contributed by atoms with E-state index in [4.69, 9.17) is 9.47 Å². The van der Waals surface area contributed by atoms with E-state index in [2.05, 4.69) is 103 Å². The van der Waals surface area contributed by atoms with Crippen LogP contribution in [0.3, 0.4) is 0 Å². The van der Waals surface area contributed by atoms with Crippen molar-refractivity contribution in [1.82, 2.24) is 0 Å². The van der Waals surface area contributed by atoms with Gasteiger partial charge in [0.05, 0.1) is 5.41 Å². The summed E-state index contributed by atoms with van der Waals surface area (Å²) in [6.07, 6.45) is 5.41. The number of hydrogen-bond acceptors (Lipinski definition) is 3. The fourth-order valence-electron chi connectivity index (χ4n) is 5.87. The molecule has 38 heavy (non-hydrogen) atoms. The van der Waals surface area contributed by atoms with Gasteiger partial charge in [-0.3, -0.25) is 0 Å². The van der Waals surface area contributed by atoms with Crippen molar-refractivity contribution in [2.24, 2.45) is 0 Å². The summed E-state index contributed by atoms with van der Waals surface area (Å²) in [6.45, 7) is 3.71. The molecule has 0 fully saturated rings. The lowest BCUT2D eigenvalue weighted by atomic mass is 9.68. The van der Waals surface area contributed by atoms with Crippen molar-refractivity contribution in [3.8, 4) is 34.1 Å². The Labute approximate surface area is 222 Å². The molecule has 182 valence electrons. The molecule has 0 radical (unpaired) electrons. The average molecular weight is 492 g/mol. The molecule has 5 aromatic rings. The minimum atomic E-state index is -0.474. The first kappa shape index (κ1) is 22.2. The highest BCUT2D eigenvalue weighted by Crippen LogP contribution is 2.62. The number of anilines is 1. The molecule has 0 saturated heterocycles. The summed E-state index contributed by atoms with van der Waals surface area (Å²) in [5.74, 6) is 2.84. The Morgan fingerprint density at radius 1 is 0.632 bits per heavy atom. The van der Waals surface area contributed by atoms with E-state index in [1.54, 1.807) is 6.08 Å². The van der Waals surface area contributed by atoms with Crippen LogP contribution in [0, 0.1) is 0 Å². The number of ether oxygens (including phenoxy) is 2. The minimum absolute atomic E-state index is 0.474. The van der Waals surface area contributed by atoms with E-state index in [0.29, 0.717) is 17.2 Å². The standard InChI is InChI=1S/C35H25NO2/c1-2-3-22-36-26-18-20-30-32(23-26)37-31-21-19-29-33(34(31)38-30)27-16-10-11-17-28(27)35(29,24-12-6-4-7-13-24)25-14-8-5-9-15-25/h2-23,36H,1H2/b22-3+. The van der Waals surface area contributed by atoms with E-state index >= 15 is 0 Å². The summed E-state index contributed by atoms with van der Waals surface area (Å²) in [6, 6.07) is 40.3. The minimum Gasteiger partial charge on any atom is -0.449 e. The van der Waals surface area contributed by atoms with Crippen LogP contribution in [0.5, 0.6) is 23.0 Å². The Kier molecular flexibility index (Phi) is 5.15. The van der Waals surface area contributed by atoms with Crippen molar-refractivity contribution >= 4 is 5.69 Å². The van der Waals surface area contributed by atoms with Crippen LogP contribution < -0.4 is 14.8 Å². The zero-order valence-corrected chi connectivity index (χ0v) is 20.7. The number of rotatable bonds is 5. The Bertz CT molecular complexity index is 1660. The second kappa shape index (κ2) is 8.82. The van der Waals surface area contributed by atoms with Gasteiger partial charge >= 0.3 is 0 Å². The van der Waals surface area contributed by atoms with Gasteiger partial charge in [0.1, 0.15) is 0 Å². The molecule has 7 rings (SSSR count). The molecule has 1 N–H and O–H groups in total. The molecule has 1 aliphatic carbocycles. The second-order valence-corrected chi connectivity index (χ2v) is 9.45. The Hall–Kier alpha value is -5.02. The first-order valence-electron chi connectivity index (χ1n) is 12.7. The predicted molar refractivity (Wildman–Crippen MR) is 153 cm³/mol. The third kappa shape index (κ3) is 3.22. The topological polar surface area (TPSA) is 30.5 Å². The Morgan fingerprint density at radius 3 is 2.05 bits per heavy atom. The Balaban J connectivity index is 1.45. The van der Waals surface area contributed by atoms with Crippen LogP contribution in [0.1, 0.15) is 22.3 Å². The third-order valence-electron chi connectivity index (χ3n) is 7.40. The lowest BCUT2D eigenvalue weighted by molar-refractivity contribution is 0.360. The van der Waals surface area contributed by atoms with Crippen LogP contribution >= 0.6 is 0 Å². The predicted octanol–water partition coefficient (Wildman–Crippen LogP) is 9.06. The van der Waals surface area contributed by atoms with Crippen LogP contribution in [0.4, 0.5) is 5.69 Å². The average Bonchev–Trinajstić information content (AvgIpc) is 3.29. The monoisotopic (exact) mass is 491 g/mol. The molecule has 3 heteroatoms. The fraction of sp³-hybridized carbons (Fsp3) is 0.0286. The summed E-state index contributed by atoms with van der Waals surface area (Å²) in [5.41, 5.74) is 7.54. The summed E-state index contributed by atoms with van der Waals surface area (Å²) in [7, 11) is 0. The van der Waals surface area contributed by atoms with Gasteiger partial charge in [0.25, 0.3) is 0 Å². The SMILES string of the molecule is C=C/C=C/Nc1ccc2c(c1)Oc1ccc3c(c1O2)-c1ccccc1C3(c1ccccc1)c1ccccc1. The van der Waals surface area contributed by atoms with Gasteiger partial charge in [0, 0.05) is 23.5 Å². The zero-order valence-electron chi connectivity index (χ0n) is 20.7. The molecule has 3 nitrogen and oxygen atoms in total. The first-order valence-corrected chi connectivity index (χ1v) is 12.7. The highest BCUT2D eigenvalue weighted by molar-refractivity contribution is 5.91. The van der Waals surface area contributed by atoms with Gasteiger partial charge in [-0.2, -0.15) is 0 Å². The smallest absolute Gasteiger partial charge is 0.178 e. The van der Waals surface area contributed by atoms with E-state index < -0.39 is 5.41 Å². The molecule has 0 atom stereocenters. The number of benzene rings is 5. The number of nitrogens with one attached hydrogen (secondary N) is 1. The van der Waals surface area contributed by atoms with E-state index in [1.165, 1.54) is 22.3 Å². The normalized spacial score (nSPS) is 13.9. The van der Waals surface area contributed by atoms with Gasteiger partial charge in [-0.1, -0.05) is 104 Å². The van der Waals surface area contributed by atoms with Crippen LogP contribution in [0.15, 0.2) is 140 Å². The number of hydrogen-bond donors (Lipinski definition) is 1. The molecule has 1 aliphatic heterocycles. The summed E-state index contributed by atoms with van der Waals surface area (Å²) >= 11 is 0. The maximum Gasteiger partial charge on any atom is 0.178 e. The van der Waals surface area contributed by atoms with E-state index in [1.807, 2.05) is 36.5 Å². The molecule has 0 unspecified atom stereocenters. The summed E-state index contributed by atoms with van der Waals surface area (Å²) < 4.78 is 13.1. The van der Waals surface area contributed by atoms with Crippen LogP contribution in [-0.2, 0) is 5.41 Å². The van der Waals surface area contributed by atoms with Gasteiger partial charge in [-0.05, 0) is 52.1 Å². The second-order valence-electron chi connectivity index (χ2n) is 9.45. The fourth-order valence-corrected chi connectivity index (χ4v) is 5.87. The van der Waals surface area contributed by atoms with Gasteiger partial charge in [-0.25, -0.2) is 0 Å². The molecule has 0 aromatic heterocycles. The quantitative estimate of drug-likeness (QED) is 0.244. The lowest BCUT2D eigenvalue weighted by Gasteiger charge is -2.34. The van der Waals surface area contributed by atoms with Crippen LogP contribution in [0.25, 0.3) is 11.1 Å². The molecule has 0 amide bonds. The van der Waals surface area contributed by atoms with Gasteiger partial charge < -0.3 is 14.8 Å². The van der Waals surface area contributed by atoms with Crippen molar-refractivity contribution in [1.29, 1.82) is 0 Å². The van der Waals surface area contributed by atoms with E-state index in [0.717, 1.165) is 22.6 Å². The molecule has 5 aromatic carbocycles. The van der Waals surface area contributed by atoms with Crippen molar-refractivity contribution in [3.05, 3.63) is 162 Å². The van der Waals surface area contributed by atoms with Crippen molar-refractivity contribution in [3.63, 3.8) is 0 Å². The van der Waals surface area contributed by atoms with E-state index in [9.17, 15) is 0 Å². The van der Waals surface area contributed by atoms with Gasteiger partial charge in [0.2, 0.25) is 0 Å². The molecular weight excluding hydrogens is 466 g/mol. The first-order chi connectivity index (χ1) is 18.8. The molecule has 1 heterocycles. The Morgan fingerprint density at radius 2 is 1.32 bits per heavy atom. The van der Waals surface area contributed by atoms with E-state index in [-0.39, 0.29) is 0 Å². The maximum atomic E-state index is 6.64. The largest absolute Gasteiger partial charge is 0.449 e. The summed E-state index contributed by atoms with van der Waals surface area (Å²) in [5, 5.41) is 3.23. The van der Waals surface area contributed by atoms with Crippen LogP contribution in [0.2, 0.25) is 0 Å². The van der Waals surface area contributed by atoms with Crippen molar-refractivity contribution in [2.45, 2.75) is 5.41 Å². The summed E-state index contributed by atoms with van der Waals surface area (Å²) in [4.78, 5) is 0. The molecule has 0 bridgehead atoms. The zero-order chi connectivity index (χ0) is 25.5. The van der Waals surface area contributed by atoms with Gasteiger partial charge in [0.15, 0.2) is 23.0 Å². The van der Waals surface area contributed by atoms with Gasteiger partial charge in [-0.15, -0.1) is 0 Å². The maximum absolute atomic E-state index is 6.64. The highest BCUT2D eigenvalue weighted by Gasteiger charge is 2.48. The number of fused-ring (bicyclic) bond motifs is 6. The number of allylic oxidation sites excluding steroid dienone is 2. The highest BCUT2D eigenvalue weighted by atomic mass is 16.6. The molecule has 0 saturated carbocycles. The van der Waals surface area contributed by atoms with Crippen molar-refractivity contribution < 1.29 is 9.47 Å². The third-order valence-corrected chi connectivity index (χ3v) is 7.40. The molecular formula is C35H25NO2. The molecule has 2 aliphatic rings. The lowest BCUT2D eigenvalue weighted by Crippen LogP contribution is -2.28. The van der Waals surface area contributed by atoms with Crippen molar-refractivity contribution in [2.75, 3.05) is 5.32 Å². The molecule has 0 spiro atoms.